The number of amides is 1. The Morgan fingerprint density at radius 3 is 2.50 bits per heavy atom. The van der Waals surface area contributed by atoms with E-state index in [-0.39, 0.29) is 29.0 Å². The van der Waals surface area contributed by atoms with Crippen LogP contribution in [0.2, 0.25) is 18.1 Å². The molecule has 2 aliphatic rings. The molecule has 0 aliphatic carbocycles. The van der Waals surface area contributed by atoms with Crippen molar-refractivity contribution in [1.29, 1.82) is 0 Å². The van der Waals surface area contributed by atoms with Gasteiger partial charge in [-0.3, -0.25) is 9.36 Å². The van der Waals surface area contributed by atoms with Gasteiger partial charge in [-0.25, -0.2) is 4.79 Å². The van der Waals surface area contributed by atoms with Crippen molar-refractivity contribution in [2.75, 3.05) is 19.0 Å². The minimum Gasteiger partial charge on any atom is -0.408 e. The molecule has 0 saturated carbocycles. The Morgan fingerprint density at radius 1 is 1.22 bits per heavy atom. The molecular weight excluding hydrogens is 478 g/mol. The first-order valence-corrected chi connectivity index (χ1v) is 15.3. The average molecular weight is 516 g/mol. The van der Waals surface area contributed by atoms with Crippen LogP contribution >= 0.6 is 0 Å². The third kappa shape index (κ3) is 4.68. The van der Waals surface area contributed by atoms with Crippen LogP contribution in [0.4, 0.5) is 5.82 Å². The summed E-state index contributed by atoms with van der Waals surface area (Å²) in [5.74, 6) is -0.166. The van der Waals surface area contributed by atoms with E-state index in [9.17, 15) is 9.59 Å². The van der Waals surface area contributed by atoms with E-state index in [2.05, 4.69) is 44.2 Å². The number of carbonyl (C=O) groups excluding carboxylic acids is 1. The minimum absolute atomic E-state index is 0.00673. The van der Waals surface area contributed by atoms with Crippen molar-refractivity contribution in [3.05, 3.63) is 58.6 Å². The molecule has 1 N–H and O–H groups in total. The average Bonchev–Trinajstić information content (AvgIpc) is 3.27. The summed E-state index contributed by atoms with van der Waals surface area (Å²) in [6.45, 7) is 13.4. The Bertz CT molecular complexity index is 1150. The van der Waals surface area contributed by atoms with Crippen LogP contribution in [0.25, 0.3) is 0 Å². The van der Waals surface area contributed by atoms with E-state index in [1.54, 1.807) is 43.6 Å². The summed E-state index contributed by atoms with van der Waals surface area (Å²) in [7, 11) is -0.549. The number of methoxy groups -OCH3 is 1. The molecule has 3 heterocycles. The second kappa shape index (κ2) is 9.83. The van der Waals surface area contributed by atoms with Crippen LogP contribution in [-0.4, -0.2) is 61.4 Å². The van der Waals surface area contributed by atoms with Crippen LogP contribution in [-0.2, 0) is 18.6 Å². The first-order chi connectivity index (χ1) is 16.9. The second-order valence-corrected chi connectivity index (χ2v) is 15.7. The molecule has 2 aromatic rings. The number of nitrogens with one attached hydrogen (secondary N) is 1. The molecule has 36 heavy (non-hydrogen) atoms. The highest BCUT2D eigenvalue weighted by Crippen LogP contribution is 2.53. The van der Waals surface area contributed by atoms with E-state index >= 15 is 0 Å². The maximum atomic E-state index is 13.1. The molecule has 4 rings (SSSR count). The van der Waals surface area contributed by atoms with E-state index in [0.29, 0.717) is 18.6 Å². The van der Waals surface area contributed by atoms with Crippen molar-refractivity contribution in [2.45, 2.75) is 82.4 Å². The van der Waals surface area contributed by atoms with Crippen molar-refractivity contribution in [3.63, 3.8) is 0 Å². The third-order valence-corrected chi connectivity index (χ3v) is 12.2. The molecule has 2 saturated heterocycles. The third-order valence-electron chi connectivity index (χ3n) is 7.75. The molecule has 2 bridgehead atoms. The van der Waals surface area contributed by atoms with E-state index in [1.165, 1.54) is 4.57 Å². The number of nitrogens with zero attached hydrogens (tertiary/aromatic N) is 2. The molecule has 1 aromatic heterocycles. The van der Waals surface area contributed by atoms with Crippen molar-refractivity contribution in [1.82, 2.24) is 9.55 Å². The van der Waals surface area contributed by atoms with Gasteiger partial charge in [0, 0.05) is 18.9 Å². The molecule has 2 fully saturated rings. The number of aromatic nitrogens is 2. The Morgan fingerprint density at radius 2 is 1.92 bits per heavy atom. The second-order valence-electron chi connectivity index (χ2n) is 11.0. The minimum atomic E-state index is -2.18. The molecule has 196 valence electrons. The van der Waals surface area contributed by atoms with Crippen molar-refractivity contribution < 1.29 is 23.4 Å². The van der Waals surface area contributed by atoms with Gasteiger partial charge in [0.15, 0.2) is 14.5 Å². The van der Waals surface area contributed by atoms with Gasteiger partial charge >= 0.3 is 5.69 Å². The van der Waals surface area contributed by atoms with Crippen molar-refractivity contribution >= 4 is 20.0 Å². The summed E-state index contributed by atoms with van der Waals surface area (Å²) >= 11 is 0. The van der Waals surface area contributed by atoms with E-state index < -0.39 is 31.9 Å². The van der Waals surface area contributed by atoms with Crippen molar-refractivity contribution in [3.8, 4) is 0 Å². The molecule has 2 aliphatic heterocycles. The largest absolute Gasteiger partial charge is 0.408 e. The van der Waals surface area contributed by atoms with Gasteiger partial charge in [-0.1, -0.05) is 45.9 Å². The van der Waals surface area contributed by atoms with Crippen LogP contribution in [0.5, 0.6) is 0 Å². The summed E-state index contributed by atoms with van der Waals surface area (Å²) in [5.41, 5.74) is -0.809. The van der Waals surface area contributed by atoms with E-state index in [0.717, 1.165) is 0 Å². The van der Waals surface area contributed by atoms with Gasteiger partial charge in [-0.15, -0.1) is 0 Å². The van der Waals surface area contributed by atoms with Crippen LogP contribution in [0.1, 0.15) is 50.7 Å². The summed E-state index contributed by atoms with van der Waals surface area (Å²) < 4.78 is 26.8. The summed E-state index contributed by atoms with van der Waals surface area (Å²) in [4.78, 5) is 29.7. The fourth-order valence-electron chi connectivity index (χ4n) is 4.66. The van der Waals surface area contributed by atoms with Gasteiger partial charge in [-0.05, 0) is 42.8 Å². The lowest BCUT2D eigenvalue weighted by Crippen LogP contribution is -2.54. The lowest BCUT2D eigenvalue weighted by molar-refractivity contribution is -0.223. The number of fused-ring (bicyclic) bond motifs is 2. The van der Waals surface area contributed by atoms with Gasteiger partial charge in [-0.2, -0.15) is 4.98 Å². The smallest absolute Gasteiger partial charge is 0.351 e. The Kier molecular flexibility index (Phi) is 7.28. The highest BCUT2D eigenvalue weighted by molar-refractivity contribution is 6.74. The topological polar surface area (TPSA) is 101 Å². The Labute approximate surface area is 213 Å². The molecule has 0 spiro atoms. The normalized spacial score (nSPS) is 27.9. The van der Waals surface area contributed by atoms with Crippen LogP contribution in [0.3, 0.4) is 0 Å². The molecule has 9 nitrogen and oxygen atoms in total. The predicted octanol–water partition coefficient (Wildman–Crippen LogP) is 3.98. The first-order valence-electron chi connectivity index (χ1n) is 12.4. The number of carbonyl (C=O) groups is 1. The highest BCUT2D eigenvalue weighted by atomic mass is 28.4. The zero-order chi connectivity index (χ0) is 26.3. The molecular formula is C26H37N3O6Si. The SMILES string of the molecule is CC[C@]12O[C@@H](n3ccc(NC(=O)c4ccccc4)nc3=O)[C@H](O[C@@H]1COC)[C@@H]2O[Si](C)(C)C(C)(C)C. The fraction of sp³-hybridized carbons (Fsp3) is 0.577. The Balaban J connectivity index is 1.62. The quantitative estimate of drug-likeness (QED) is 0.531. The van der Waals surface area contributed by atoms with Crippen molar-refractivity contribution in [2.24, 2.45) is 0 Å². The highest BCUT2D eigenvalue weighted by Gasteiger charge is 2.68. The molecule has 5 atom stereocenters. The summed E-state index contributed by atoms with van der Waals surface area (Å²) in [5, 5.41) is 2.67. The summed E-state index contributed by atoms with van der Waals surface area (Å²) in [6.07, 6.45) is 0.369. The predicted molar refractivity (Wildman–Crippen MR) is 139 cm³/mol. The number of hydrogen-bond acceptors (Lipinski definition) is 7. The standard InChI is InChI=1S/C26H37N3O6Si/c1-8-26-18(16-32-5)33-20(21(26)35-36(6,7)25(2,3)4)23(34-26)29-15-14-19(28-24(29)31)27-22(30)17-12-10-9-11-13-17/h9-15,18,20-21,23H,8,16H2,1-7H3,(H,27,28,30,31)/t18-,20-,21+,23-,26+/m1/s1. The summed E-state index contributed by atoms with van der Waals surface area (Å²) in [6, 6.07) is 10.4. The monoisotopic (exact) mass is 515 g/mol. The maximum Gasteiger partial charge on any atom is 0.351 e. The maximum absolute atomic E-state index is 13.1. The van der Waals surface area contributed by atoms with Crippen LogP contribution in [0, 0.1) is 0 Å². The number of hydrogen-bond donors (Lipinski definition) is 1. The number of rotatable bonds is 8. The first kappa shape index (κ1) is 26.7. The number of ether oxygens (including phenoxy) is 3. The van der Waals surface area contributed by atoms with E-state index in [4.69, 9.17) is 18.6 Å². The lowest BCUT2D eigenvalue weighted by atomic mass is 9.90. The van der Waals surface area contributed by atoms with Gasteiger partial charge in [0.05, 0.1) is 6.61 Å². The molecule has 1 aromatic carbocycles. The van der Waals surface area contributed by atoms with Gasteiger partial charge in [0.2, 0.25) is 0 Å². The Hall–Kier alpha value is -2.37. The van der Waals surface area contributed by atoms with Crippen LogP contribution < -0.4 is 11.0 Å². The van der Waals surface area contributed by atoms with Gasteiger partial charge in [0.1, 0.15) is 29.7 Å². The molecule has 0 radical (unpaired) electrons. The van der Waals surface area contributed by atoms with Crippen LogP contribution in [0.15, 0.2) is 47.4 Å². The number of benzene rings is 1. The number of anilines is 1. The zero-order valence-corrected chi connectivity index (χ0v) is 23.1. The van der Waals surface area contributed by atoms with Gasteiger partial charge < -0.3 is 24.0 Å². The lowest BCUT2D eigenvalue weighted by Gasteiger charge is -2.42. The molecule has 10 heteroatoms. The molecule has 1 amide bonds. The van der Waals surface area contributed by atoms with Gasteiger partial charge in [0.25, 0.3) is 5.91 Å². The molecule has 0 unspecified atom stereocenters. The zero-order valence-electron chi connectivity index (χ0n) is 22.1. The van der Waals surface area contributed by atoms with E-state index in [1.807, 2.05) is 13.0 Å². The fourth-order valence-corrected chi connectivity index (χ4v) is 5.99.